The molecule has 8 heavy (non-hydrogen) atoms. The minimum atomic E-state index is -0.495. The van der Waals surface area contributed by atoms with E-state index in [4.69, 9.17) is 5.73 Å². The van der Waals surface area contributed by atoms with Crippen molar-refractivity contribution in [3.05, 3.63) is 0 Å². The van der Waals surface area contributed by atoms with Gasteiger partial charge in [0.25, 0.3) is 0 Å². The van der Waals surface area contributed by atoms with Crippen LogP contribution in [0.5, 0.6) is 0 Å². The summed E-state index contributed by atoms with van der Waals surface area (Å²) in [6.07, 6.45) is 0. The third-order valence-corrected chi connectivity index (χ3v) is 0.573. The molecule has 50 valence electrons. The van der Waals surface area contributed by atoms with Crippen molar-refractivity contribution in [1.82, 2.24) is 0 Å². The highest BCUT2D eigenvalue weighted by molar-refractivity contribution is 8.93. The molecular formula is C4H10BrNO2. The van der Waals surface area contributed by atoms with Gasteiger partial charge in [0.2, 0.25) is 0 Å². The molecular weight excluding hydrogens is 174 g/mol. The molecule has 1 atom stereocenters. The molecule has 0 heterocycles. The summed E-state index contributed by atoms with van der Waals surface area (Å²) in [5, 5.41) is 0. The van der Waals surface area contributed by atoms with E-state index in [9.17, 15) is 4.79 Å². The topological polar surface area (TPSA) is 52.3 Å². The van der Waals surface area contributed by atoms with Crippen molar-refractivity contribution in [1.29, 1.82) is 0 Å². The summed E-state index contributed by atoms with van der Waals surface area (Å²) < 4.78 is 4.25. The standard InChI is InChI=1S/C4H9NO2.BrH/c1-3(5)4(6)7-2;/h3H,5H2,1-2H3;1H. The molecule has 2 N–H and O–H groups in total. The lowest BCUT2D eigenvalue weighted by molar-refractivity contribution is -0.141. The molecule has 0 saturated heterocycles. The summed E-state index contributed by atoms with van der Waals surface area (Å²) in [4.78, 5) is 10.2. The number of hydrogen-bond acceptors (Lipinski definition) is 3. The van der Waals surface area contributed by atoms with Crippen LogP contribution in [-0.4, -0.2) is 19.1 Å². The number of carbonyl (C=O) groups is 1. The zero-order valence-corrected chi connectivity index (χ0v) is 6.59. The molecule has 0 aromatic carbocycles. The summed E-state index contributed by atoms with van der Waals surface area (Å²) in [7, 11) is 1.31. The number of esters is 1. The first-order chi connectivity index (χ1) is 3.18. The Hall–Kier alpha value is -0.0900. The second-order valence-electron chi connectivity index (χ2n) is 1.31. The maximum Gasteiger partial charge on any atom is 0.322 e. The first kappa shape index (κ1) is 10.8. The first-order valence-corrected chi connectivity index (χ1v) is 2.02. The zero-order chi connectivity index (χ0) is 5.86. The quantitative estimate of drug-likeness (QED) is 0.587. The number of rotatable bonds is 1. The number of ether oxygens (including phenoxy) is 1. The maximum atomic E-state index is 10.2. The fraction of sp³-hybridized carbons (Fsp3) is 0.750. The summed E-state index contributed by atoms with van der Waals surface area (Å²) in [5.41, 5.74) is 5.07. The van der Waals surface area contributed by atoms with E-state index < -0.39 is 6.04 Å². The molecule has 0 bridgehead atoms. The van der Waals surface area contributed by atoms with Gasteiger partial charge < -0.3 is 10.5 Å². The fourth-order valence-corrected chi connectivity index (χ4v) is 0.186. The van der Waals surface area contributed by atoms with Crippen LogP contribution in [0.4, 0.5) is 0 Å². The molecule has 0 aromatic rings. The molecule has 0 spiro atoms. The van der Waals surface area contributed by atoms with Gasteiger partial charge in [-0.2, -0.15) is 0 Å². The van der Waals surface area contributed by atoms with Gasteiger partial charge in [-0.1, -0.05) is 0 Å². The highest BCUT2D eigenvalue weighted by Gasteiger charge is 2.03. The van der Waals surface area contributed by atoms with Gasteiger partial charge >= 0.3 is 5.97 Å². The molecule has 4 heteroatoms. The van der Waals surface area contributed by atoms with Crippen molar-refractivity contribution in [2.45, 2.75) is 13.0 Å². The smallest absolute Gasteiger partial charge is 0.322 e. The monoisotopic (exact) mass is 183 g/mol. The van der Waals surface area contributed by atoms with E-state index in [1.807, 2.05) is 0 Å². The Balaban J connectivity index is 0. The summed E-state index contributed by atoms with van der Waals surface area (Å²) >= 11 is 0. The van der Waals surface area contributed by atoms with E-state index >= 15 is 0 Å². The Morgan fingerprint density at radius 3 is 2.12 bits per heavy atom. The molecule has 0 aromatic heterocycles. The average Bonchev–Trinajstić information content (AvgIpc) is 1.65. The lowest BCUT2D eigenvalue weighted by atomic mass is 10.4. The van der Waals surface area contributed by atoms with Crippen molar-refractivity contribution in [3.8, 4) is 0 Å². The van der Waals surface area contributed by atoms with Gasteiger partial charge in [0, 0.05) is 0 Å². The van der Waals surface area contributed by atoms with E-state index in [2.05, 4.69) is 4.74 Å². The van der Waals surface area contributed by atoms with E-state index in [-0.39, 0.29) is 23.0 Å². The second-order valence-corrected chi connectivity index (χ2v) is 1.31. The third kappa shape index (κ3) is 4.08. The lowest BCUT2D eigenvalue weighted by Gasteiger charge is -1.98. The van der Waals surface area contributed by atoms with Crippen molar-refractivity contribution in [2.75, 3.05) is 7.11 Å². The largest absolute Gasteiger partial charge is 0.468 e. The fourth-order valence-electron chi connectivity index (χ4n) is 0.186. The Morgan fingerprint density at radius 1 is 1.75 bits per heavy atom. The molecule has 0 aliphatic heterocycles. The summed E-state index contributed by atoms with van der Waals surface area (Å²) in [6, 6.07) is -0.495. The Labute approximate surface area is 59.0 Å². The molecule has 0 aliphatic carbocycles. The third-order valence-electron chi connectivity index (χ3n) is 0.573. The molecule has 0 radical (unpaired) electrons. The normalized spacial score (nSPS) is 11.4. The van der Waals surface area contributed by atoms with Crippen LogP contribution < -0.4 is 5.73 Å². The number of carbonyl (C=O) groups excluding carboxylic acids is 1. The van der Waals surface area contributed by atoms with Crippen LogP contribution in [0.3, 0.4) is 0 Å². The molecule has 0 aliphatic rings. The minimum Gasteiger partial charge on any atom is -0.468 e. The summed E-state index contributed by atoms with van der Waals surface area (Å²) in [5.74, 6) is -0.375. The Morgan fingerprint density at radius 2 is 2.12 bits per heavy atom. The van der Waals surface area contributed by atoms with Crippen molar-refractivity contribution >= 4 is 23.0 Å². The number of halogens is 1. The zero-order valence-electron chi connectivity index (χ0n) is 4.88. The predicted molar refractivity (Wildman–Crippen MR) is 36.0 cm³/mol. The predicted octanol–water partition coefficient (Wildman–Crippen LogP) is 0.0845. The highest BCUT2D eigenvalue weighted by atomic mass is 79.9. The van der Waals surface area contributed by atoms with Gasteiger partial charge in [-0.15, -0.1) is 17.0 Å². The Kier molecular flexibility index (Phi) is 6.83. The van der Waals surface area contributed by atoms with Crippen molar-refractivity contribution < 1.29 is 9.53 Å². The van der Waals surface area contributed by atoms with Crippen LogP contribution in [0.15, 0.2) is 0 Å². The number of methoxy groups -OCH3 is 1. The van der Waals surface area contributed by atoms with Crippen molar-refractivity contribution in [3.63, 3.8) is 0 Å². The highest BCUT2D eigenvalue weighted by Crippen LogP contribution is 1.76. The lowest BCUT2D eigenvalue weighted by Crippen LogP contribution is -2.27. The van der Waals surface area contributed by atoms with Gasteiger partial charge in [-0.3, -0.25) is 4.79 Å². The first-order valence-electron chi connectivity index (χ1n) is 2.02. The van der Waals surface area contributed by atoms with E-state index in [0.717, 1.165) is 0 Å². The molecule has 0 saturated carbocycles. The minimum absolute atomic E-state index is 0. The average molecular weight is 184 g/mol. The molecule has 0 fully saturated rings. The van der Waals surface area contributed by atoms with Crippen LogP contribution in [0.1, 0.15) is 6.92 Å². The van der Waals surface area contributed by atoms with Gasteiger partial charge in [-0.05, 0) is 6.92 Å². The second kappa shape index (κ2) is 5.05. The molecule has 3 nitrogen and oxygen atoms in total. The van der Waals surface area contributed by atoms with Gasteiger partial charge in [0.05, 0.1) is 7.11 Å². The van der Waals surface area contributed by atoms with Crippen molar-refractivity contribution in [2.24, 2.45) is 5.73 Å². The van der Waals surface area contributed by atoms with E-state index in [1.54, 1.807) is 6.92 Å². The van der Waals surface area contributed by atoms with Gasteiger partial charge in [0.15, 0.2) is 0 Å². The molecule has 1 unspecified atom stereocenters. The molecule has 0 rings (SSSR count). The van der Waals surface area contributed by atoms with E-state index in [0.29, 0.717) is 0 Å². The number of hydrogen-bond donors (Lipinski definition) is 1. The van der Waals surface area contributed by atoms with Crippen LogP contribution in [0.2, 0.25) is 0 Å². The maximum absolute atomic E-state index is 10.2. The number of nitrogens with two attached hydrogens (primary N) is 1. The summed E-state index contributed by atoms with van der Waals surface area (Å²) in [6.45, 7) is 1.58. The van der Waals surface area contributed by atoms with E-state index in [1.165, 1.54) is 7.11 Å². The van der Waals surface area contributed by atoms with Gasteiger partial charge in [0.1, 0.15) is 6.04 Å². The van der Waals surface area contributed by atoms with Crippen LogP contribution in [0, 0.1) is 0 Å². The molecule has 0 amide bonds. The van der Waals surface area contributed by atoms with Crippen LogP contribution in [-0.2, 0) is 9.53 Å². The SMILES string of the molecule is Br.COC(=O)C(C)N. The Bertz CT molecular complexity index is 74.4. The van der Waals surface area contributed by atoms with Crippen LogP contribution in [0.25, 0.3) is 0 Å². The van der Waals surface area contributed by atoms with Gasteiger partial charge in [-0.25, -0.2) is 0 Å². The van der Waals surface area contributed by atoms with Crippen LogP contribution >= 0.6 is 17.0 Å².